The van der Waals surface area contributed by atoms with Crippen molar-refractivity contribution in [3.8, 4) is 0 Å². The van der Waals surface area contributed by atoms with Crippen molar-refractivity contribution in [3.05, 3.63) is 53.5 Å². The van der Waals surface area contributed by atoms with Crippen molar-refractivity contribution in [1.82, 2.24) is 25.3 Å². The predicted octanol–water partition coefficient (Wildman–Crippen LogP) is 4.34. The molecule has 4 heterocycles. The van der Waals surface area contributed by atoms with Crippen LogP contribution in [-0.4, -0.2) is 53.0 Å². The Labute approximate surface area is 224 Å². The second-order valence-electron chi connectivity index (χ2n) is 10.5. The number of amides is 1. The van der Waals surface area contributed by atoms with Crippen LogP contribution in [0.2, 0.25) is 0 Å². The first-order valence-corrected chi connectivity index (χ1v) is 14.0. The highest BCUT2D eigenvalue weighted by molar-refractivity contribution is 5.92. The molecule has 2 aromatic heterocycles. The zero-order chi connectivity index (χ0) is 26.3. The van der Waals surface area contributed by atoms with Gasteiger partial charge in [0.15, 0.2) is 6.29 Å². The molecule has 38 heavy (non-hydrogen) atoms. The maximum Gasteiger partial charge on any atom is 0.278 e. The fraction of sp³-hybridized carbons (Fsp3) is 0.552. The van der Waals surface area contributed by atoms with Crippen LogP contribution in [0.5, 0.6) is 0 Å². The zero-order valence-electron chi connectivity index (χ0n) is 22.6. The van der Waals surface area contributed by atoms with Crippen LogP contribution in [0.4, 0.5) is 5.95 Å². The fourth-order valence-corrected chi connectivity index (χ4v) is 5.38. The van der Waals surface area contributed by atoms with Gasteiger partial charge in [-0.05, 0) is 69.2 Å². The molecule has 1 amide bonds. The second-order valence-corrected chi connectivity index (χ2v) is 10.5. The van der Waals surface area contributed by atoms with Gasteiger partial charge in [-0.2, -0.15) is 0 Å². The average molecular weight is 521 g/mol. The standard InChI is InChI=1S/C29H40N6O3/c1-3-11-35-20-24(25-15-21(2)7-8-26(25)35)17-30-16-22-9-12-34(13-10-22)29-31-18-23(19-32-29)28(36)33-38-27-6-4-5-14-37-27/h7-8,15,18-20,22,27,30H,3-6,9-14,16-17H2,1-2H3,(H,33,36). The third-order valence-electron chi connectivity index (χ3n) is 7.55. The summed E-state index contributed by atoms with van der Waals surface area (Å²) in [5.41, 5.74) is 6.85. The van der Waals surface area contributed by atoms with Crippen molar-refractivity contribution >= 4 is 22.8 Å². The number of nitrogens with zero attached hydrogens (tertiary/aromatic N) is 4. The normalized spacial score (nSPS) is 18.7. The number of rotatable bonds is 10. The third-order valence-corrected chi connectivity index (χ3v) is 7.55. The molecule has 3 aromatic rings. The van der Waals surface area contributed by atoms with Crippen molar-refractivity contribution in [2.24, 2.45) is 5.92 Å². The SMILES string of the molecule is CCCn1cc(CNCC2CCN(c3ncc(C(=O)NOC4CCCCO4)cn3)CC2)c2cc(C)ccc21. The van der Waals surface area contributed by atoms with Crippen LogP contribution in [0.3, 0.4) is 0 Å². The van der Waals surface area contributed by atoms with E-state index in [1.165, 1.54) is 22.0 Å². The van der Waals surface area contributed by atoms with Crippen LogP contribution in [-0.2, 0) is 22.7 Å². The Kier molecular flexibility index (Phi) is 8.88. The molecule has 1 aromatic carbocycles. The minimum Gasteiger partial charge on any atom is -0.350 e. The van der Waals surface area contributed by atoms with E-state index in [-0.39, 0.29) is 12.2 Å². The number of fused-ring (bicyclic) bond motifs is 1. The Morgan fingerprint density at radius 3 is 2.71 bits per heavy atom. The minimum absolute atomic E-state index is 0.358. The molecule has 9 nitrogen and oxygen atoms in total. The van der Waals surface area contributed by atoms with Gasteiger partial charge in [-0.25, -0.2) is 20.3 Å². The summed E-state index contributed by atoms with van der Waals surface area (Å²) >= 11 is 0. The van der Waals surface area contributed by atoms with E-state index in [1.54, 1.807) is 12.4 Å². The summed E-state index contributed by atoms with van der Waals surface area (Å²) < 4.78 is 7.86. The van der Waals surface area contributed by atoms with E-state index in [4.69, 9.17) is 9.57 Å². The van der Waals surface area contributed by atoms with Gasteiger partial charge in [0.1, 0.15) is 0 Å². The minimum atomic E-state index is -0.380. The van der Waals surface area contributed by atoms with Gasteiger partial charge < -0.3 is 19.5 Å². The largest absolute Gasteiger partial charge is 0.350 e. The summed E-state index contributed by atoms with van der Waals surface area (Å²) in [5, 5.41) is 5.08. The predicted molar refractivity (Wildman–Crippen MR) is 148 cm³/mol. The molecule has 1 atom stereocenters. The molecule has 5 rings (SSSR count). The molecule has 0 bridgehead atoms. The van der Waals surface area contributed by atoms with Gasteiger partial charge >= 0.3 is 0 Å². The lowest BCUT2D eigenvalue weighted by Crippen LogP contribution is -2.38. The Morgan fingerprint density at radius 1 is 1.16 bits per heavy atom. The van der Waals surface area contributed by atoms with Crippen LogP contribution in [0, 0.1) is 12.8 Å². The number of carbonyl (C=O) groups excluding carboxylic acids is 1. The van der Waals surface area contributed by atoms with E-state index >= 15 is 0 Å². The molecule has 2 fully saturated rings. The summed E-state index contributed by atoms with van der Waals surface area (Å²) in [5.74, 6) is 0.938. The molecular weight excluding hydrogens is 480 g/mol. The lowest BCUT2D eigenvalue weighted by atomic mass is 9.97. The smallest absolute Gasteiger partial charge is 0.278 e. The van der Waals surface area contributed by atoms with Crippen LogP contribution in [0.25, 0.3) is 10.9 Å². The maximum atomic E-state index is 12.4. The third kappa shape index (κ3) is 6.51. The zero-order valence-corrected chi connectivity index (χ0v) is 22.6. The Balaban J connectivity index is 1.07. The van der Waals surface area contributed by atoms with E-state index < -0.39 is 0 Å². The summed E-state index contributed by atoms with van der Waals surface area (Å²) in [4.78, 5) is 28.8. The van der Waals surface area contributed by atoms with Crippen LogP contribution in [0.15, 0.2) is 36.8 Å². The van der Waals surface area contributed by atoms with Gasteiger partial charge in [-0.3, -0.25) is 4.79 Å². The second kappa shape index (κ2) is 12.7. The molecule has 2 saturated heterocycles. The molecule has 2 aliphatic heterocycles. The fourth-order valence-electron chi connectivity index (χ4n) is 5.38. The van der Waals surface area contributed by atoms with Crippen LogP contribution >= 0.6 is 0 Å². The first-order chi connectivity index (χ1) is 18.6. The number of benzene rings is 1. The van der Waals surface area contributed by atoms with Gasteiger partial charge in [0.25, 0.3) is 5.91 Å². The van der Waals surface area contributed by atoms with Gasteiger partial charge in [0.05, 0.1) is 5.56 Å². The number of hydrogen-bond donors (Lipinski definition) is 2. The molecule has 204 valence electrons. The van der Waals surface area contributed by atoms with E-state index in [1.807, 2.05) is 0 Å². The highest BCUT2D eigenvalue weighted by Crippen LogP contribution is 2.24. The van der Waals surface area contributed by atoms with Gasteiger partial charge in [0.2, 0.25) is 5.95 Å². The maximum absolute atomic E-state index is 12.4. The van der Waals surface area contributed by atoms with E-state index in [9.17, 15) is 4.79 Å². The molecular formula is C29H40N6O3. The van der Waals surface area contributed by atoms with E-state index in [2.05, 4.69) is 68.5 Å². The van der Waals surface area contributed by atoms with E-state index in [0.717, 1.165) is 71.2 Å². The Bertz CT molecular complexity index is 1200. The van der Waals surface area contributed by atoms with Crippen LogP contribution in [0.1, 0.15) is 66.9 Å². The van der Waals surface area contributed by atoms with Crippen molar-refractivity contribution in [3.63, 3.8) is 0 Å². The summed E-state index contributed by atoms with van der Waals surface area (Å²) in [6, 6.07) is 6.76. The molecule has 2 N–H and O–H groups in total. The van der Waals surface area contributed by atoms with Crippen LogP contribution < -0.4 is 15.7 Å². The highest BCUT2D eigenvalue weighted by atomic mass is 16.8. The lowest BCUT2D eigenvalue weighted by Gasteiger charge is -2.32. The molecule has 0 saturated carbocycles. The molecule has 0 radical (unpaired) electrons. The number of piperidine rings is 1. The first kappa shape index (κ1) is 26.6. The highest BCUT2D eigenvalue weighted by Gasteiger charge is 2.22. The number of anilines is 1. The molecule has 1 unspecified atom stereocenters. The Morgan fingerprint density at radius 2 is 1.97 bits per heavy atom. The van der Waals surface area contributed by atoms with Crippen molar-refractivity contribution < 1.29 is 14.4 Å². The lowest BCUT2D eigenvalue weighted by molar-refractivity contribution is -0.186. The number of nitrogens with one attached hydrogen (secondary N) is 2. The van der Waals surface area contributed by atoms with Gasteiger partial charge in [-0.1, -0.05) is 18.6 Å². The first-order valence-electron chi connectivity index (χ1n) is 14.0. The molecule has 0 aliphatic carbocycles. The number of aryl methyl sites for hydroxylation is 2. The number of hydrogen-bond acceptors (Lipinski definition) is 7. The quantitative estimate of drug-likeness (QED) is 0.384. The molecule has 9 heteroatoms. The number of aromatic nitrogens is 3. The number of hydroxylamine groups is 1. The number of carbonyl (C=O) groups is 1. The monoisotopic (exact) mass is 520 g/mol. The van der Waals surface area contributed by atoms with E-state index in [0.29, 0.717) is 24.0 Å². The van der Waals surface area contributed by atoms with Crippen molar-refractivity contribution in [1.29, 1.82) is 0 Å². The summed E-state index contributed by atoms with van der Waals surface area (Å²) in [7, 11) is 0. The van der Waals surface area contributed by atoms with Crippen molar-refractivity contribution in [2.75, 3.05) is 31.1 Å². The molecule has 2 aliphatic rings. The van der Waals surface area contributed by atoms with Crippen molar-refractivity contribution in [2.45, 2.75) is 71.8 Å². The molecule has 0 spiro atoms. The van der Waals surface area contributed by atoms with Gasteiger partial charge in [-0.15, -0.1) is 0 Å². The van der Waals surface area contributed by atoms with Gasteiger partial charge in [0, 0.05) is 68.7 Å². The summed E-state index contributed by atoms with van der Waals surface area (Å²) in [6.45, 7) is 9.82. The topological polar surface area (TPSA) is 93.5 Å². The summed E-state index contributed by atoms with van der Waals surface area (Å²) in [6.07, 6.45) is 11.2. The number of ether oxygens (including phenoxy) is 1. The average Bonchev–Trinajstić information content (AvgIpc) is 3.29. The Hall–Kier alpha value is -3.01.